The van der Waals surface area contributed by atoms with Crippen LogP contribution >= 0.6 is 12.2 Å². The van der Waals surface area contributed by atoms with Gasteiger partial charge in [0.1, 0.15) is 5.82 Å². The first kappa shape index (κ1) is 26.1. The number of amides is 1. The summed E-state index contributed by atoms with van der Waals surface area (Å²) in [4.78, 5) is 31.9. The van der Waals surface area contributed by atoms with Gasteiger partial charge in [0.2, 0.25) is 5.91 Å². The molecular formula is C29H26FN5O3S. The summed E-state index contributed by atoms with van der Waals surface area (Å²) in [7, 11) is 1.35. The number of pyridine rings is 1. The Labute approximate surface area is 230 Å². The molecule has 8 nitrogen and oxygen atoms in total. The van der Waals surface area contributed by atoms with Crippen LogP contribution in [0.25, 0.3) is 5.69 Å². The molecule has 2 aromatic heterocycles. The van der Waals surface area contributed by atoms with Crippen LogP contribution < -0.4 is 10.6 Å². The zero-order valence-electron chi connectivity index (χ0n) is 21.1. The minimum atomic E-state index is -0.444. The number of hydrogen-bond acceptors (Lipinski definition) is 5. The third-order valence-electron chi connectivity index (χ3n) is 6.56. The lowest BCUT2D eigenvalue weighted by Gasteiger charge is -2.29. The fourth-order valence-electron chi connectivity index (χ4n) is 4.77. The quantitative estimate of drug-likeness (QED) is 0.244. The predicted octanol–water partition coefficient (Wildman–Crippen LogP) is 4.80. The summed E-state index contributed by atoms with van der Waals surface area (Å²) in [6, 6.07) is 21.7. The molecule has 1 amide bonds. The lowest BCUT2D eigenvalue weighted by molar-refractivity contribution is -0.116. The SMILES string of the molecule is COC(=O)c1ccccc1-n1cccc1C1C(c2ccccn2)NC(=S)N1CCC(=O)Nc1ccc(F)cc1. The average Bonchev–Trinajstić information content (AvgIpc) is 3.57. The molecule has 39 heavy (non-hydrogen) atoms. The number of halogens is 1. The van der Waals surface area contributed by atoms with Gasteiger partial charge in [0, 0.05) is 36.7 Å². The molecule has 0 spiro atoms. The second-order valence-corrected chi connectivity index (χ2v) is 9.32. The minimum absolute atomic E-state index is 0.143. The van der Waals surface area contributed by atoms with Gasteiger partial charge >= 0.3 is 5.97 Å². The van der Waals surface area contributed by atoms with Crippen LogP contribution in [0.3, 0.4) is 0 Å². The molecule has 2 aromatic carbocycles. The molecule has 0 radical (unpaired) electrons. The molecule has 2 N–H and O–H groups in total. The number of anilines is 1. The van der Waals surface area contributed by atoms with Gasteiger partial charge in [-0.25, -0.2) is 9.18 Å². The van der Waals surface area contributed by atoms with E-state index in [1.165, 1.54) is 31.4 Å². The van der Waals surface area contributed by atoms with Crippen molar-refractivity contribution >= 4 is 34.9 Å². The molecule has 1 saturated heterocycles. The second kappa shape index (κ2) is 11.4. The molecule has 0 bridgehead atoms. The van der Waals surface area contributed by atoms with Gasteiger partial charge in [0.25, 0.3) is 0 Å². The van der Waals surface area contributed by atoms with Crippen molar-refractivity contribution in [3.05, 3.63) is 114 Å². The van der Waals surface area contributed by atoms with Crippen molar-refractivity contribution in [3.63, 3.8) is 0 Å². The van der Waals surface area contributed by atoms with E-state index < -0.39 is 5.97 Å². The highest BCUT2D eigenvalue weighted by atomic mass is 32.1. The van der Waals surface area contributed by atoms with E-state index >= 15 is 0 Å². The smallest absolute Gasteiger partial charge is 0.339 e. The first-order valence-electron chi connectivity index (χ1n) is 12.3. The summed E-state index contributed by atoms with van der Waals surface area (Å²) in [5.74, 6) is -1.04. The Morgan fingerprint density at radius 3 is 2.56 bits per heavy atom. The van der Waals surface area contributed by atoms with E-state index in [1.807, 2.05) is 58.1 Å². The first-order chi connectivity index (χ1) is 19.0. The summed E-state index contributed by atoms with van der Waals surface area (Å²) < 4.78 is 20.2. The van der Waals surface area contributed by atoms with Crippen molar-refractivity contribution < 1.29 is 18.7 Å². The van der Waals surface area contributed by atoms with E-state index in [4.69, 9.17) is 17.0 Å². The van der Waals surface area contributed by atoms with E-state index in [-0.39, 0.29) is 30.2 Å². The number of aromatic nitrogens is 2. The normalized spacial score (nSPS) is 16.6. The second-order valence-electron chi connectivity index (χ2n) is 8.94. The van der Waals surface area contributed by atoms with Crippen LogP contribution in [0.15, 0.2) is 91.3 Å². The number of nitrogens with one attached hydrogen (secondary N) is 2. The fraction of sp³-hybridized carbons (Fsp3) is 0.172. The number of carbonyl (C=O) groups is 2. The van der Waals surface area contributed by atoms with Crippen LogP contribution in [0.1, 0.15) is 40.3 Å². The predicted molar refractivity (Wildman–Crippen MR) is 149 cm³/mol. The maximum absolute atomic E-state index is 13.2. The zero-order chi connectivity index (χ0) is 27.4. The Kier molecular flexibility index (Phi) is 7.64. The molecule has 0 aliphatic carbocycles. The lowest BCUT2D eigenvalue weighted by atomic mass is 10.0. The molecule has 1 aliphatic rings. The van der Waals surface area contributed by atoms with E-state index in [9.17, 15) is 14.0 Å². The molecule has 4 aromatic rings. The number of hydrogen-bond donors (Lipinski definition) is 2. The van der Waals surface area contributed by atoms with Crippen LogP contribution in [0, 0.1) is 5.82 Å². The van der Waals surface area contributed by atoms with E-state index in [0.29, 0.717) is 28.6 Å². The molecule has 0 saturated carbocycles. The molecule has 1 aliphatic heterocycles. The average molecular weight is 544 g/mol. The highest BCUT2D eigenvalue weighted by Crippen LogP contribution is 2.40. The molecule has 5 rings (SSSR count). The first-order valence-corrected chi connectivity index (χ1v) is 12.8. The number of nitrogens with zero attached hydrogens (tertiary/aromatic N) is 3. The molecule has 1 fully saturated rings. The summed E-state index contributed by atoms with van der Waals surface area (Å²) in [5.41, 5.74) is 3.24. The monoisotopic (exact) mass is 543 g/mol. The summed E-state index contributed by atoms with van der Waals surface area (Å²) in [6.45, 7) is 0.316. The van der Waals surface area contributed by atoms with Crippen molar-refractivity contribution in [1.29, 1.82) is 0 Å². The van der Waals surface area contributed by atoms with Gasteiger partial charge in [-0.3, -0.25) is 9.78 Å². The number of benzene rings is 2. The van der Waals surface area contributed by atoms with Crippen LogP contribution in [0.4, 0.5) is 10.1 Å². The summed E-state index contributed by atoms with van der Waals surface area (Å²) in [6.07, 6.45) is 3.75. The minimum Gasteiger partial charge on any atom is -0.465 e. The number of thiocarbonyl (C=S) groups is 1. The maximum atomic E-state index is 13.2. The van der Waals surface area contributed by atoms with Gasteiger partial charge in [-0.05, 0) is 72.9 Å². The van der Waals surface area contributed by atoms with E-state index in [2.05, 4.69) is 15.6 Å². The number of methoxy groups -OCH3 is 1. The third kappa shape index (κ3) is 5.51. The summed E-state index contributed by atoms with van der Waals surface area (Å²) >= 11 is 5.74. The molecule has 3 heterocycles. The Morgan fingerprint density at radius 2 is 1.82 bits per heavy atom. The molecular weight excluding hydrogens is 517 g/mol. The molecule has 198 valence electrons. The Bertz CT molecular complexity index is 1490. The standard InChI is InChI=1S/C29H26FN5O3S/c1-38-28(37)21-7-2-3-9-23(21)34-17-6-10-24(34)27-26(22-8-4-5-16-31-22)33-29(39)35(27)18-15-25(36)32-20-13-11-19(30)12-14-20/h2-14,16-17,26-27H,15,18H2,1H3,(H,32,36)(H,33,39). The van der Waals surface area contributed by atoms with Crippen molar-refractivity contribution in [1.82, 2.24) is 19.8 Å². The van der Waals surface area contributed by atoms with Gasteiger partial charge in [-0.2, -0.15) is 0 Å². The van der Waals surface area contributed by atoms with Crippen molar-refractivity contribution in [2.24, 2.45) is 0 Å². The molecule has 2 atom stereocenters. The van der Waals surface area contributed by atoms with E-state index in [0.717, 1.165) is 11.4 Å². The number of rotatable bonds is 8. The van der Waals surface area contributed by atoms with Gasteiger partial charge in [0.15, 0.2) is 5.11 Å². The van der Waals surface area contributed by atoms with E-state index in [1.54, 1.807) is 18.3 Å². The maximum Gasteiger partial charge on any atom is 0.339 e. The van der Waals surface area contributed by atoms with Crippen molar-refractivity contribution in [3.8, 4) is 5.69 Å². The summed E-state index contributed by atoms with van der Waals surface area (Å²) in [5, 5.41) is 6.67. The molecule has 10 heteroatoms. The number of ether oxygens (including phenoxy) is 1. The van der Waals surface area contributed by atoms with Crippen LogP contribution in [0.5, 0.6) is 0 Å². The third-order valence-corrected chi connectivity index (χ3v) is 6.91. The highest BCUT2D eigenvalue weighted by Gasteiger charge is 2.41. The topological polar surface area (TPSA) is 88.5 Å². The van der Waals surface area contributed by atoms with Crippen LogP contribution in [-0.2, 0) is 9.53 Å². The van der Waals surface area contributed by atoms with Gasteiger partial charge in [0.05, 0.1) is 36.1 Å². The number of esters is 1. The lowest BCUT2D eigenvalue weighted by Crippen LogP contribution is -2.33. The van der Waals surface area contributed by atoms with Crippen LogP contribution in [-0.4, -0.2) is 45.1 Å². The van der Waals surface area contributed by atoms with Gasteiger partial charge in [-0.1, -0.05) is 18.2 Å². The number of para-hydroxylation sites is 1. The number of carbonyl (C=O) groups excluding carboxylic acids is 2. The van der Waals surface area contributed by atoms with Crippen molar-refractivity contribution in [2.75, 3.05) is 19.0 Å². The zero-order valence-corrected chi connectivity index (χ0v) is 21.9. The van der Waals surface area contributed by atoms with Crippen molar-refractivity contribution in [2.45, 2.75) is 18.5 Å². The Hall–Kier alpha value is -4.57. The Morgan fingerprint density at radius 1 is 1.05 bits per heavy atom. The highest BCUT2D eigenvalue weighted by molar-refractivity contribution is 7.80. The Balaban J connectivity index is 1.48. The van der Waals surface area contributed by atoms with Crippen LogP contribution in [0.2, 0.25) is 0 Å². The largest absolute Gasteiger partial charge is 0.465 e. The van der Waals surface area contributed by atoms with Gasteiger partial charge < -0.3 is 24.8 Å². The fourth-order valence-corrected chi connectivity index (χ4v) is 5.10. The molecule has 2 unspecified atom stereocenters. The van der Waals surface area contributed by atoms with Gasteiger partial charge in [-0.15, -0.1) is 0 Å².